The Bertz CT molecular complexity index is 787. The van der Waals surface area contributed by atoms with Crippen molar-refractivity contribution in [1.29, 1.82) is 0 Å². The van der Waals surface area contributed by atoms with E-state index in [0.29, 0.717) is 30.9 Å². The third kappa shape index (κ3) is 8.60. The van der Waals surface area contributed by atoms with Gasteiger partial charge in [-0.25, -0.2) is 0 Å². The van der Waals surface area contributed by atoms with E-state index < -0.39 is 5.97 Å². The predicted molar refractivity (Wildman–Crippen MR) is 110 cm³/mol. The van der Waals surface area contributed by atoms with Gasteiger partial charge in [0.15, 0.2) is 12.4 Å². The first-order valence-corrected chi connectivity index (χ1v) is 9.80. The van der Waals surface area contributed by atoms with Crippen LogP contribution in [0, 0.1) is 0 Å². The Labute approximate surface area is 171 Å². The average Bonchev–Trinajstić information content (AvgIpc) is 2.75. The van der Waals surface area contributed by atoms with Gasteiger partial charge in [0.05, 0.1) is 13.0 Å². The maximum absolute atomic E-state index is 12.2. The minimum absolute atomic E-state index is 0.0314. The van der Waals surface area contributed by atoms with E-state index in [4.69, 9.17) is 9.47 Å². The fourth-order valence-corrected chi connectivity index (χ4v) is 2.58. The summed E-state index contributed by atoms with van der Waals surface area (Å²) in [6, 6.07) is 16.6. The topological polar surface area (TPSA) is 81.7 Å². The van der Waals surface area contributed by atoms with Crippen molar-refractivity contribution in [2.75, 3.05) is 19.8 Å². The van der Waals surface area contributed by atoms with Crippen LogP contribution in [0.25, 0.3) is 0 Å². The number of amides is 1. The minimum atomic E-state index is -0.570. The van der Waals surface area contributed by atoms with Gasteiger partial charge in [-0.2, -0.15) is 0 Å². The maximum Gasteiger partial charge on any atom is 0.306 e. The summed E-state index contributed by atoms with van der Waals surface area (Å²) in [7, 11) is 0. The molecule has 154 valence electrons. The molecule has 1 amide bonds. The quantitative estimate of drug-likeness (QED) is 0.439. The van der Waals surface area contributed by atoms with E-state index in [1.807, 2.05) is 37.3 Å². The lowest BCUT2D eigenvalue weighted by Crippen LogP contribution is -2.30. The summed E-state index contributed by atoms with van der Waals surface area (Å²) in [5.74, 6) is -0.375. The molecule has 0 saturated carbocycles. The lowest BCUT2D eigenvalue weighted by molar-refractivity contribution is -0.148. The van der Waals surface area contributed by atoms with Gasteiger partial charge in [0.25, 0.3) is 5.91 Å². The highest BCUT2D eigenvalue weighted by Crippen LogP contribution is 2.14. The first kappa shape index (κ1) is 22.1. The predicted octanol–water partition coefficient (Wildman–Crippen LogP) is 3.34. The molecule has 2 aromatic carbocycles. The zero-order chi connectivity index (χ0) is 20.9. The van der Waals surface area contributed by atoms with Crippen molar-refractivity contribution in [2.45, 2.75) is 32.6 Å². The third-order valence-corrected chi connectivity index (χ3v) is 4.15. The average molecular weight is 397 g/mol. The number of carbonyl (C=O) groups excluding carboxylic acids is 3. The van der Waals surface area contributed by atoms with Crippen LogP contribution in [0.4, 0.5) is 0 Å². The molecule has 0 aliphatic rings. The number of hydrogen-bond donors (Lipinski definition) is 1. The van der Waals surface area contributed by atoms with Gasteiger partial charge < -0.3 is 14.8 Å². The zero-order valence-corrected chi connectivity index (χ0v) is 16.7. The highest BCUT2D eigenvalue weighted by molar-refractivity contribution is 5.97. The molecule has 0 spiro atoms. The lowest BCUT2D eigenvalue weighted by atomic mass is 10.1. The van der Waals surface area contributed by atoms with Crippen molar-refractivity contribution < 1.29 is 23.9 Å². The molecule has 0 aliphatic carbocycles. The molecule has 0 radical (unpaired) electrons. The highest BCUT2D eigenvalue weighted by Gasteiger charge is 2.12. The molecule has 2 aromatic rings. The van der Waals surface area contributed by atoms with Crippen LogP contribution >= 0.6 is 0 Å². The Hall–Kier alpha value is -3.15. The van der Waals surface area contributed by atoms with Gasteiger partial charge in [0.1, 0.15) is 5.75 Å². The number of carbonyl (C=O) groups is 3. The monoisotopic (exact) mass is 397 g/mol. The summed E-state index contributed by atoms with van der Waals surface area (Å²) in [6.45, 7) is 2.77. The molecule has 0 atom stereocenters. The lowest BCUT2D eigenvalue weighted by Gasteiger charge is -2.07. The van der Waals surface area contributed by atoms with Gasteiger partial charge in [-0.15, -0.1) is 0 Å². The summed E-state index contributed by atoms with van der Waals surface area (Å²) in [4.78, 5) is 35.7. The largest absolute Gasteiger partial charge is 0.494 e. The molecule has 0 unspecified atom stereocenters. The van der Waals surface area contributed by atoms with Gasteiger partial charge in [-0.05, 0) is 42.7 Å². The van der Waals surface area contributed by atoms with E-state index in [0.717, 1.165) is 12.0 Å². The molecule has 0 bridgehead atoms. The molecule has 1 N–H and O–H groups in total. The molecule has 0 aromatic heterocycles. The Morgan fingerprint density at radius 2 is 1.66 bits per heavy atom. The summed E-state index contributed by atoms with van der Waals surface area (Å²) in [6.07, 6.45) is 1.58. The Balaban J connectivity index is 1.62. The van der Waals surface area contributed by atoms with E-state index in [1.54, 1.807) is 24.3 Å². The molecular formula is C23H27NO5. The smallest absolute Gasteiger partial charge is 0.306 e. The van der Waals surface area contributed by atoms with Crippen molar-refractivity contribution in [3.05, 3.63) is 65.7 Å². The van der Waals surface area contributed by atoms with Crippen LogP contribution in [-0.2, 0) is 20.7 Å². The number of rotatable bonds is 12. The van der Waals surface area contributed by atoms with E-state index in [-0.39, 0.29) is 31.1 Å². The summed E-state index contributed by atoms with van der Waals surface area (Å²) >= 11 is 0. The van der Waals surface area contributed by atoms with Crippen LogP contribution in [0.5, 0.6) is 5.75 Å². The normalized spacial score (nSPS) is 10.2. The summed E-state index contributed by atoms with van der Waals surface area (Å²) < 4.78 is 10.4. The molecule has 0 aliphatic heterocycles. The number of ether oxygens (including phenoxy) is 2. The fraction of sp³-hybridized carbons (Fsp3) is 0.348. The highest BCUT2D eigenvalue weighted by atomic mass is 16.5. The number of Topliss-reactive ketones (excluding diaryl/α,β-unsaturated/α-hetero) is 1. The van der Waals surface area contributed by atoms with Crippen molar-refractivity contribution in [3.63, 3.8) is 0 Å². The molecule has 0 heterocycles. The molecule has 6 nitrogen and oxygen atoms in total. The fourth-order valence-electron chi connectivity index (χ4n) is 2.58. The van der Waals surface area contributed by atoms with Crippen molar-refractivity contribution in [3.8, 4) is 5.75 Å². The van der Waals surface area contributed by atoms with Crippen LogP contribution in [0.15, 0.2) is 54.6 Å². The van der Waals surface area contributed by atoms with E-state index in [2.05, 4.69) is 5.32 Å². The van der Waals surface area contributed by atoms with Gasteiger partial charge in [-0.1, -0.05) is 37.3 Å². The molecule has 6 heteroatoms. The number of nitrogens with one attached hydrogen (secondary N) is 1. The Kier molecular flexibility index (Phi) is 9.42. The summed E-state index contributed by atoms with van der Waals surface area (Å²) in [5, 5.41) is 2.70. The van der Waals surface area contributed by atoms with Crippen LogP contribution < -0.4 is 10.1 Å². The van der Waals surface area contributed by atoms with Crippen LogP contribution in [0.2, 0.25) is 0 Å². The number of benzene rings is 2. The number of hydrogen-bond acceptors (Lipinski definition) is 5. The van der Waals surface area contributed by atoms with Crippen molar-refractivity contribution >= 4 is 17.7 Å². The molecular weight excluding hydrogens is 370 g/mol. The van der Waals surface area contributed by atoms with Gasteiger partial charge in [0.2, 0.25) is 0 Å². The van der Waals surface area contributed by atoms with Gasteiger partial charge in [-0.3, -0.25) is 14.4 Å². The Morgan fingerprint density at radius 1 is 0.931 bits per heavy atom. The van der Waals surface area contributed by atoms with E-state index >= 15 is 0 Å². The standard InChI is InChI=1S/C23H27NO5/c1-2-16-28-20-10-8-19(9-11-20)21(25)12-13-23(27)29-17-22(26)24-15-14-18-6-4-3-5-7-18/h3-11H,2,12-17H2,1H3,(H,24,26). The molecule has 29 heavy (non-hydrogen) atoms. The number of ketones is 1. The van der Waals surface area contributed by atoms with Crippen LogP contribution in [0.1, 0.15) is 42.1 Å². The second kappa shape index (κ2) is 12.3. The van der Waals surface area contributed by atoms with Crippen molar-refractivity contribution in [2.24, 2.45) is 0 Å². The second-order valence-corrected chi connectivity index (χ2v) is 6.54. The van der Waals surface area contributed by atoms with E-state index in [9.17, 15) is 14.4 Å². The summed E-state index contributed by atoms with van der Waals surface area (Å²) in [5.41, 5.74) is 1.63. The second-order valence-electron chi connectivity index (χ2n) is 6.54. The van der Waals surface area contributed by atoms with Crippen molar-refractivity contribution in [1.82, 2.24) is 5.32 Å². The SMILES string of the molecule is CCCOc1ccc(C(=O)CCC(=O)OCC(=O)NCCc2ccccc2)cc1. The molecule has 0 saturated heterocycles. The van der Waals surface area contributed by atoms with E-state index in [1.165, 1.54) is 0 Å². The van der Waals surface area contributed by atoms with Gasteiger partial charge >= 0.3 is 5.97 Å². The third-order valence-electron chi connectivity index (χ3n) is 4.15. The van der Waals surface area contributed by atoms with Crippen LogP contribution in [0.3, 0.4) is 0 Å². The molecule has 2 rings (SSSR count). The zero-order valence-electron chi connectivity index (χ0n) is 16.7. The first-order chi connectivity index (χ1) is 14.1. The Morgan fingerprint density at radius 3 is 2.34 bits per heavy atom. The van der Waals surface area contributed by atoms with Crippen LogP contribution in [-0.4, -0.2) is 37.4 Å². The number of esters is 1. The minimum Gasteiger partial charge on any atom is -0.494 e. The first-order valence-electron chi connectivity index (χ1n) is 9.80. The molecule has 0 fully saturated rings. The maximum atomic E-state index is 12.2. The van der Waals surface area contributed by atoms with Gasteiger partial charge in [0, 0.05) is 18.5 Å².